The number of hydrogen-bond donors (Lipinski definition) is 1. The number of aromatic nitrogens is 2. The third kappa shape index (κ3) is 1.72. The summed E-state index contributed by atoms with van der Waals surface area (Å²) in [6.45, 7) is 4.10. The molecule has 0 amide bonds. The molecule has 3 nitrogen and oxygen atoms in total. The van der Waals surface area contributed by atoms with Crippen LogP contribution < -0.4 is 5.43 Å². The SMILES string of the molecule is Cc1nc(Nn2cccc2)sc1C. The first-order chi connectivity index (χ1) is 6.25. The maximum Gasteiger partial charge on any atom is 0.202 e. The highest BCUT2D eigenvalue weighted by Gasteiger charge is 2.01. The summed E-state index contributed by atoms with van der Waals surface area (Å²) < 4.78 is 1.89. The Hall–Kier alpha value is -1.29. The van der Waals surface area contributed by atoms with Gasteiger partial charge in [0.25, 0.3) is 0 Å². The Balaban J connectivity index is 2.19. The smallest absolute Gasteiger partial charge is 0.202 e. The Labute approximate surface area is 81.0 Å². The van der Waals surface area contributed by atoms with Crippen molar-refractivity contribution in [2.24, 2.45) is 0 Å². The molecule has 0 spiro atoms. The molecule has 1 N–H and O–H groups in total. The van der Waals surface area contributed by atoms with Gasteiger partial charge in [0.1, 0.15) is 0 Å². The zero-order valence-electron chi connectivity index (χ0n) is 7.61. The molecule has 2 aromatic heterocycles. The van der Waals surface area contributed by atoms with E-state index in [4.69, 9.17) is 0 Å². The topological polar surface area (TPSA) is 29.9 Å². The zero-order valence-corrected chi connectivity index (χ0v) is 8.43. The lowest BCUT2D eigenvalue weighted by Gasteiger charge is -2.01. The van der Waals surface area contributed by atoms with Gasteiger partial charge in [-0.1, -0.05) is 0 Å². The van der Waals surface area contributed by atoms with Crippen molar-refractivity contribution in [3.05, 3.63) is 35.1 Å². The van der Waals surface area contributed by atoms with Gasteiger partial charge in [-0.2, -0.15) is 0 Å². The predicted octanol–water partition coefficient (Wildman–Crippen LogP) is 2.44. The summed E-state index contributed by atoms with van der Waals surface area (Å²) in [5.41, 5.74) is 4.27. The molecule has 0 aliphatic heterocycles. The van der Waals surface area contributed by atoms with Crippen molar-refractivity contribution in [3.8, 4) is 0 Å². The first-order valence-corrected chi connectivity index (χ1v) is 4.91. The molecule has 0 bridgehead atoms. The minimum atomic E-state index is 0.936. The average Bonchev–Trinajstić information content (AvgIpc) is 2.64. The molecule has 0 fully saturated rings. The van der Waals surface area contributed by atoms with Gasteiger partial charge in [0.2, 0.25) is 5.13 Å². The van der Waals surface area contributed by atoms with E-state index in [9.17, 15) is 0 Å². The van der Waals surface area contributed by atoms with Crippen molar-refractivity contribution in [2.75, 3.05) is 5.43 Å². The fourth-order valence-electron chi connectivity index (χ4n) is 1.04. The van der Waals surface area contributed by atoms with Crippen LogP contribution in [0.4, 0.5) is 5.13 Å². The summed E-state index contributed by atoms with van der Waals surface area (Å²) in [5.74, 6) is 0. The van der Waals surface area contributed by atoms with E-state index in [-0.39, 0.29) is 0 Å². The van der Waals surface area contributed by atoms with Crippen LogP contribution in [0.2, 0.25) is 0 Å². The van der Waals surface area contributed by atoms with Gasteiger partial charge in [-0.3, -0.25) is 10.1 Å². The Bertz CT molecular complexity index is 369. The van der Waals surface area contributed by atoms with Gasteiger partial charge in [-0.25, -0.2) is 4.98 Å². The molecule has 0 radical (unpaired) electrons. The van der Waals surface area contributed by atoms with Crippen LogP contribution in [0.15, 0.2) is 24.5 Å². The van der Waals surface area contributed by atoms with Crippen LogP contribution in [0.1, 0.15) is 10.6 Å². The number of aryl methyl sites for hydroxylation is 2. The minimum absolute atomic E-state index is 0.936. The van der Waals surface area contributed by atoms with Crippen LogP contribution in [0.25, 0.3) is 0 Å². The van der Waals surface area contributed by atoms with Gasteiger partial charge in [-0.05, 0) is 26.0 Å². The van der Waals surface area contributed by atoms with Crippen molar-refractivity contribution < 1.29 is 0 Å². The number of nitrogens with zero attached hydrogens (tertiary/aromatic N) is 2. The number of rotatable bonds is 2. The van der Waals surface area contributed by atoms with Crippen molar-refractivity contribution in [2.45, 2.75) is 13.8 Å². The first kappa shape index (κ1) is 8.31. The van der Waals surface area contributed by atoms with Crippen LogP contribution >= 0.6 is 11.3 Å². The lowest BCUT2D eigenvalue weighted by molar-refractivity contribution is 0.961. The minimum Gasteiger partial charge on any atom is -0.269 e. The lowest BCUT2D eigenvalue weighted by atomic mass is 10.4. The molecule has 2 rings (SSSR count). The summed E-state index contributed by atoms with van der Waals surface area (Å²) >= 11 is 1.67. The fourth-order valence-corrected chi connectivity index (χ4v) is 1.86. The average molecular weight is 193 g/mol. The van der Waals surface area contributed by atoms with E-state index < -0.39 is 0 Å². The van der Waals surface area contributed by atoms with Crippen molar-refractivity contribution >= 4 is 16.5 Å². The molecule has 4 heteroatoms. The molecule has 13 heavy (non-hydrogen) atoms. The van der Waals surface area contributed by atoms with Crippen molar-refractivity contribution in [1.82, 2.24) is 9.66 Å². The molecule has 2 heterocycles. The molecule has 2 aromatic rings. The molecule has 0 saturated carbocycles. The summed E-state index contributed by atoms with van der Waals surface area (Å²) in [6, 6.07) is 3.95. The molecule has 0 atom stereocenters. The summed E-state index contributed by atoms with van der Waals surface area (Å²) in [5, 5.41) is 0.936. The third-order valence-electron chi connectivity index (χ3n) is 1.86. The van der Waals surface area contributed by atoms with Gasteiger partial charge in [0.05, 0.1) is 5.69 Å². The Morgan fingerprint density at radius 1 is 1.31 bits per heavy atom. The summed E-state index contributed by atoms with van der Waals surface area (Å²) in [4.78, 5) is 5.63. The second kappa shape index (κ2) is 3.22. The van der Waals surface area contributed by atoms with Crippen molar-refractivity contribution in [3.63, 3.8) is 0 Å². The van der Waals surface area contributed by atoms with Crippen molar-refractivity contribution in [1.29, 1.82) is 0 Å². The van der Waals surface area contributed by atoms with Gasteiger partial charge < -0.3 is 0 Å². The molecule has 0 aliphatic rings. The van der Waals surface area contributed by atoms with Crippen LogP contribution in [0.5, 0.6) is 0 Å². The standard InChI is InChI=1S/C9H11N3S/c1-7-8(2)13-9(10-7)11-12-5-3-4-6-12/h3-6H,1-2H3,(H,10,11). The first-order valence-electron chi connectivity index (χ1n) is 4.10. The monoisotopic (exact) mass is 193 g/mol. The number of thiazole rings is 1. The molecule has 68 valence electrons. The normalized spacial score (nSPS) is 10.3. The van der Waals surface area contributed by atoms with Gasteiger partial charge >= 0.3 is 0 Å². The molecule has 0 aliphatic carbocycles. The van der Waals surface area contributed by atoms with E-state index in [1.54, 1.807) is 11.3 Å². The summed E-state index contributed by atoms with van der Waals surface area (Å²) in [7, 11) is 0. The highest BCUT2D eigenvalue weighted by Crippen LogP contribution is 2.20. The maximum absolute atomic E-state index is 4.37. The fraction of sp³-hybridized carbons (Fsp3) is 0.222. The van der Waals surface area contributed by atoms with E-state index >= 15 is 0 Å². The van der Waals surface area contributed by atoms with Gasteiger partial charge in [0.15, 0.2) is 0 Å². The third-order valence-corrected chi connectivity index (χ3v) is 2.84. The van der Waals surface area contributed by atoms with E-state index in [1.807, 2.05) is 36.1 Å². The van der Waals surface area contributed by atoms with E-state index in [0.717, 1.165) is 10.8 Å². The highest BCUT2D eigenvalue weighted by atomic mass is 32.1. The van der Waals surface area contributed by atoms with Crippen LogP contribution in [-0.4, -0.2) is 9.66 Å². The lowest BCUT2D eigenvalue weighted by Crippen LogP contribution is -2.04. The van der Waals surface area contributed by atoms with Gasteiger partial charge in [0, 0.05) is 17.3 Å². The highest BCUT2D eigenvalue weighted by molar-refractivity contribution is 7.15. The van der Waals surface area contributed by atoms with E-state index in [1.165, 1.54) is 4.88 Å². The molecule has 0 aromatic carbocycles. The molecular formula is C9H11N3S. The number of nitrogens with one attached hydrogen (secondary N) is 1. The van der Waals surface area contributed by atoms with E-state index in [0.29, 0.717) is 0 Å². The van der Waals surface area contributed by atoms with E-state index in [2.05, 4.69) is 17.3 Å². The zero-order chi connectivity index (χ0) is 9.26. The maximum atomic E-state index is 4.37. The summed E-state index contributed by atoms with van der Waals surface area (Å²) in [6.07, 6.45) is 3.90. The van der Waals surface area contributed by atoms with Gasteiger partial charge in [-0.15, -0.1) is 11.3 Å². The molecule has 0 saturated heterocycles. The second-order valence-electron chi connectivity index (χ2n) is 2.86. The van der Waals surface area contributed by atoms with Crippen LogP contribution in [0, 0.1) is 13.8 Å². The number of hydrogen-bond acceptors (Lipinski definition) is 3. The van der Waals surface area contributed by atoms with Crippen LogP contribution in [0.3, 0.4) is 0 Å². The quantitative estimate of drug-likeness (QED) is 0.794. The van der Waals surface area contributed by atoms with Crippen LogP contribution in [-0.2, 0) is 0 Å². The largest absolute Gasteiger partial charge is 0.269 e. The predicted molar refractivity (Wildman–Crippen MR) is 55.0 cm³/mol. The molecule has 0 unspecified atom stereocenters. The Kier molecular flexibility index (Phi) is 2.06. The Morgan fingerprint density at radius 2 is 2.00 bits per heavy atom. The molecular weight excluding hydrogens is 182 g/mol. The Morgan fingerprint density at radius 3 is 2.54 bits per heavy atom. The second-order valence-corrected chi connectivity index (χ2v) is 4.07. The number of anilines is 1.